The number of nitrogens with zero attached hydrogens (tertiary/aromatic N) is 4. The van der Waals surface area contributed by atoms with Crippen LogP contribution in [0.3, 0.4) is 0 Å². The highest BCUT2D eigenvalue weighted by Crippen LogP contribution is 2.27. The molecule has 2 aromatic carbocycles. The molecule has 0 fully saturated rings. The highest BCUT2D eigenvalue weighted by atomic mass is 32.2. The molecule has 0 aliphatic carbocycles. The summed E-state index contributed by atoms with van der Waals surface area (Å²) < 4.78 is 28.1. The van der Waals surface area contributed by atoms with E-state index in [1.807, 2.05) is 12.1 Å². The molecule has 0 atom stereocenters. The molecule has 26 heavy (non-hydrogen) atoms. The lowest BCUT2D eigenvalue weighted by molar-refractivity contribution is 0.549. The van der Waals surface area contributed by atoms with Gasteiger partial charge < -0.3 is 4.90 Å². The predicted octanol–water partition coefficient (Wildman–Crippen LogP) is 2.95. The summed E-state index contributed by atoms with van der Waals surface area (Å²) in [5.74, 6) is 0.330. The minimum Gasteiger partial charge on any atom is -0.372 e. The van der Waals surface area contributed by atoms with Gasteiger partial charge in [0.1, 0.15) is 4.90 Å². The smallest absolute Gasteiger partial charge is 0.285 e. The zero-order chi connectivity index (χ0) is 18.7. The molecule has 6 nitrogen and oxygen atoms in total. The van der Waals surface area contributed by atoms with Crippen molar-refractivity contribution < 1.29 is 8.42 Å². The molecule has 1 aliphatic rings. The third kappa shape index (κ3) is 3.48. The number of benzene rings is 2. The Labute approximate surface area is 154 Å². The van der Waals surface area contributed by atoms with Crippen LogP contribution in [0.2, 0.25) is 0 Å². The average molecular weight is 370 g/mol. The van der Waals surface area contributed by atoms with Gasteiger partial charge in [-0.1, -0.05) is 24.3 Å². The Hall–Kier alpha value is -2.67. The van der Waals surface area contributed by atoms with E-state index >= 15 is 0 Å². The molecule has 0 aromatic heterocycles. The van der Waals surface area contributed by atoms with Crippen LogP contribution in [0, 0.1) is 0 Å². The third-order valence-electron chi connectivity index (χ3n) is 4.32. The fourth-order valence-electron chi connectivity index (χ4n) is 2.89. The lowest BCUT2D eigenvalue weighted by Crippen LogP contribution is -2.21. The third-order valence-corrected chi connectivity index (χ3v) is 5.65. The number of hydrogen-bond acceptors (Lipinski definition) is 5. The van der Waals surface area contributed by atoms with Gasteiger partial charge in [-0.2, -0.15) is 13.5 Å². The largest absolute Gasteiger partial charge is 0.372 e. The van der Waals surface area contributed by atoms with Crippen molar-refractivity contribution in [3.63, 3.8) is 0 Å². The molecular weight excluding hydrogens is 348 g/mol. The van der Waals surface area contributed by atoms with E-state index in [0.717, 1.165) is 18.7 Å². The monoisotopic (exact) mass is 370 g/mol. The van der Waals surface area contributed by atoms with Crippen molar-refractivity contribution in [3.8, 4) is 0 Å². The van der Waals surface area contributed by atoms with Crippen molar-refractivity contribution in [1.82, 2.24) is 5.01 Å². The summed E-state index contributed by atoms with van der Waals surface area (Å²) in [4.78, 5) is 2.49. The van der Waals surface area contributed by atoms with Gasteiger partial charge in [-0.15, -0.1) is 4.40 Å². The van der Waals surface area contributed by atoms with Crippen molar-refractivity contribution in [2.24, 2.45) is 9.50 Å². The normalized spacial score (nSPS) is 15.0. The molecule has 2 aromatic rings. The molecule has 7 heteroatoms. The second kappa shape index (κ2) is 7.29. The van der Waals surface area contributed by atoms with Crippen molar-refractivity contribution in [3.05, 3.63) is 59.7 Å². The Morgan fingerprint density at radius 2 is 1.69 bits per heavy atom. The van der Waals surface area contributed by atoms with E-state index in [1.54, 1.807) is 37.5 Å². The number of anilines is 1. The van der Waals surface area contributed by atoms with Crippen LogP contribution >= 0.6 is 0 Å². The van der Waals surface area contributed by atoms with Gasteiger partial charge in [0.15, 0.2) is 5.84 Å². The maximum atomic E-state index is 12.1. The molecule has 0 spiro atoms. The van der Waals surface area contributed by atoms with E-state index in [-0.39, 0.29) is 4.90 Å². The zero-order valence-electron chi connectivity index (χ0n) is 15.1. The summed E-state index contributed by atoms with van der Waals surface area (Å²) in [6, 6.07) is 14.9. The van der Waals surface area contributed by atoms with Gasteiger partial charge in [0, 0.05) is 31.4 Å². The second-order valence-electron chi connectivity index (χ2n) is 5.92. The zero-order valence-corrected chi connectivity index (χ0v) is 15.9. The molecule has 0 saturated heterocycles. The van der Waals surface area contributed by atoms with Gasteiger partial charge in [0.05, 0.1) is 6.21 Å². The van der Waals surface area contributed by atoms with Gasteiger partial charge in [-0.25, -0.2) is 5.01 Å². The van der Waals surface area contributed by atoms with Crippen molar-refractivity contribution >= 4 is 27.8 Å². The number of amidine groups is 1. The first kappa shape index (κ1) is 18.1. The van der Waals surface area contributed by atoms with Crippen LogP contribution in [-0.4, -0.2) is 45.6 Å². The van der Waals surface area contributed by atoms with Crippen LogP contribution in [0.25, 0.3) is 0 Å². The average Bonchev–Trinajstić information content (AvgIpc) is 2.93. The summed E-state index contributed by atoms with van der Waals surface area (Å²) in [5, 5.41) is 5.84. The fraction of sp³-hybridized carbons (Fsp3) is 0.263. The Kier molecular flexibility index (Phi) is 5.08. The first-order valence-electron chi connectivity index (χ1n) is 8.53. The molecule has 1 heterocycles. The molecule has 0 saturated carbocycles. The quantitative estimate of drug-likeness (QED) is 0.600. The first-order valence-corrected chi connectivity index (χ1v) is 9.97. The molecule has 1 aliphatic heterocycles. The van der Waals surface area contributed by atoms with Crippen LogP contribution < -0.4 is 4.90 Å². The van der Waals surface area contributed by atoms with Crippen molar-refractivity contribution in [2.75, 3.05) is 25.0 Å². The Balaban J connectivity index is 1.79. The summed E-state index contributed by atoms with van der Waals surface area (Å²) in [7, 11) is -1.95. The second-order valence-corrected chi connectivity index (χ2v) is 7.49. The molecule has 0 unspecified atom stereocenters. The first-order chi connectivity index (χ1) is 12.5. The Morgan fingerprint density at radius 1 is 1.04 bits per heavy atom. The van der Waals surface area contributed by atoms with Crippen LogP contribution in [-0.2, 0) is 10.0 Å². The van der Waals surface area contributed by atoms with E-state index in [2.05, 4.69) is 40.4 Å². The summed E-state index contributed by atoms with van der Waals surface area (Å²) in [6.45, 7) is 6.17. The molecule has 0 radical (unpaired) electrons. The van der Waals surface area contributed by atoms with E-state index in [4.69, 9.17) is 0 Å². The maximum absolute atomic E-state index is 12.1. The molecule has 0 bridgehead atoms. The minimum absolute atomic E-state index is 0.223. The molecule has 0 amide bonds. The van der Waals surface area contributed by atoms with Gasteiger partial charge in [-0.05, 0) is 43.7 Å². The van der Waals surface area contributed by atoms with E-state index < -0.39 is 10.0 Å². The topological polar surface area (TPSA) is 65.3 Å². The number of rotatable bonds is 5. The SMILES string of the molecule is CCN(CC)c1ccc(/C=N/N(C)C2=NS(=O)(=O)c3ccccc32)cc1. The molecule has 0 N–H and O–H groups in total. The van der Waals surface area contributed by atoms with Crippen molar-refractivity contribution in [2.45, 2.75) is 18.7 Å². The number of fused-ring (bicyclic) bond motifs is 1. The van der Waals surface area contributed by atoms with Crippen LogP contribution in [0.1, 0.15) is 25.0 Å². The highest BCUT2D eigenvalue weighted by molar-refractivity contribution is 7.90. The van der Waals surface area contributed by atoms with E-state index in [9.17, 15) is 8.42 Å². The summed E-state index contributed by atoms with van der Waals surface area (Å²) in [5.41, 5.74) is 2.67. The maximum Gasteiger partial charge on any atom is 0.285 e. The number of hydrogen-bond donors (Lipinski definition) is 0. The fourth-order valence-corrected chi connectivity index (χ4v) is 4.12. The lowest BCUT2D eigenvalue weighted by atomic mass is 10.2. The van der Waals surface area contributed by atoms with Crippen LogP contribution in [0.4, 0.5) is 5.69 Å². The van der Waals surface area contributed by atoms with Gasteiger partial charge in [-0.3, -0.25) is 0 Å². The van der Waals surface area contributed by atoms with Gasteiger partial charge in [0.25, 0.3) is 10.0 Å². The van der Waals surface area contributed by atoms with Crippen LogP contribution in [0.5, 0.6) is 0 Å². The predicted molar refractivity (Wildman–Crippen MR) is 106 cm³/mol. The lowest BCUT2D eigenvalue weighted by Gasteiger charge is -2.20. The van der Waals surface area contributed by atoms with E-state index in [1.165, 1.54) is 10.7 Å². The van der Waals surface area contributed by atoms with Crippen LogP contribution in [0.15, 0.2) is 62.9 Å². The standard InChI is InChI=1S/C19H22N4O2S/c1-4-23(5-2)16-12-10-15(11-13-16)14-20-22(3)19-17-8-6-7-9-18(17)26(24,25)21-19/h6-14H,4-5H2,1-3H3/b20-14+. The Morgan fingerprint density at radius 3 is 2.35 bits per heavy atom. The van der Waals surface area contributed by atoms with Gasteiger partial charge in [0.2, 0.25) is 0 Å². The number of sulfonamides is 1. The van der Waals surface area contributed by atoms with Gasteiger partial charge >= 0.3 is 0 Å². The molecule has 136 valence electrons. The van der Waals surface area contributed by atoms with Crippen molar-refractivity contribution in [1.29, 1.82) is 0 Å². The molecular formula is C19H22N4O2S. The Bertz CT molecular complexity index is 946. The minimum atomic E-state index is -3.64. The number of hydrazone groups is 1. The summed E-state index contributed by atoms with van der Waals surface area (Å²) >= 11 is 0. The van der Waals surface area contributed by atoms with E-state index in [0.29, 0.717) is 11.4 Å². The summed E-state index contributed by atoms with van der Waals surface area (Å²) in [6.07, 6.45) is 1.70. The molecule has 3 rings (SSSR count). The highest BCUT2D eigenvalue weighted by Gasteiger charge is 2.30.